The van der Waals surface area contributed by atoms with E-state index >= 15 is 0 Å². The van der Waals surface area contributed by atoms with E-state index in [2.05, 4.69) is 60.9 Å². The van der Waals surface area contributed by atoms with Crippen molar-refractivity contribution in [2.24, 2.45) is 0 Å². The van der Waals surface area contributed by atoms with Crippen molar-refractivity contribution in [2.75, 3.05) is 18.4 Å². The Morgan fingerprint density at radius 3 is 2.73 bits per heavy atom. The van der Waals surface area contributed by atoms with E-state index in [1.54, 1.807) is 5.56 Å². The quantitative estimate of drug-likeness (QED) is 0.822. The van der Waals surface area contributed by atoms with Crippen molar-refractivity contribution in [1.82, 2.24) is 5.32 Å². The van der Waals surface area contributed by atoms with E-state index in [9.17, 15) is 0 Å². The molecule has 0 aromatic heterocycles. The molecule has 2 aliphatic heterocycles. The van der Waals surface area contributed by atoms with E-state index in [4.69, 9.17) is 0 Å². The van der Waals surface area contributed by atoms with Gasteiger partial charge in [-0.05, 0) is 68.1 Å². The molecular formula is C20H24N2. The summed E-state index contributed by atoms with van der Waals surface area (Å²) < 4.78 is 0. The first kappa shape index (κ1) is 13.8. The lowest BCUT2D eigenvalue weighted by atomic mass is 9.84. The fraction of sp³-hybridized carbons (Fsp3) is 0.400. The highest BCUT2D eigenvalue weighted by Gasteiger charge is 2.34. The minimum atomic E-state index is 0.594. The van der Waals surface area contributed by atoms with Gasteiger partial charge in [-0.3, -0.25) is 0 Å². The maximum atomic E-state index is 3.78. The maximum Gasteiger partial charge on any atom is 0.0384 e. The number of anilines is 1. The molecule has 0 spiro atoms. The Morgan fingerprint density at radius 1 is 0.955 bits per heavy atom. The molecule has 2 aliphatic rings. The summed E-state index contributed by atoms with van der Waals surface area (Å²) in [7, 11) is 0. The molecule has 0 radical (unpaired) electrons. The van der Waals surface area contributed by atoms with Gasteiger partial charge in [-0.2, -0.15) is 0 Å². The Morgan fingerprint density at radius 2 is 1.82 bits per heavy atom. The molecular weight excluding hydrogens is 268 g/mol. The summed E-state index contributed by atoms with van der Waals surface area (Å²) in [5.41, 5.74) is 8.44. The molecule has 2 heterocycles. The number of aryl methyl sites for hydroxylation is 2. The summed E-state index contributed by atoms with van der Waals surface area (Å²) in [6.45, 7) is 6.66. The van der Waals surface area contributed by atoms with Crippen LogP contribution in [0.2, 0.25) is 0 Å². The number of benzene rings is 2. The molecule has 1 saturated heterocycles. The van der Waals surface area contributed by atoms with Crippen molar-refractivity contribution >= 4 is 5.69 Å². The first-order valence-electron chi connectivity index (χ1n) is 8.42. The zero-order valence-electron chi connectivity index (χ0n) is 13.4. The van der Waals surface area contributed by atoms with Crippen molar-refractivity contribution < 1.29 is 0 Å². The van der Waals surface area contributed by atoms with Crippen molar-refractivity contribution in [2.45, 2.75) is 38.6 Å². The first-order valence-corrected chi connectivity index (χ1v) is 8.42. The second kappa shape index (κ2) is 5.44. The topological polar surface area (TPSA) is 24.1 Å². The van der Waals surface area contributed by atoms with Crippen LogP contribution in [0.15, 0.2) is 36.4 Å². The minimum absolute atomic E-state index is 0.594. The van der Waals surface area contributed by atoms with E-state index in [0.29, 0.717) is 12.0 Å². The number of rotatable bonds is 1. The Balaban J connectivity index is 1.86. The zero-order valence-corrected chi connectivity index (χ0v) is 13.4. The Kier molecular flexibility index (Phi) is 3.42. The Bertz CT molecular complexity index is 705. The minimum Gasteiger partial charge on any atom is -0.381 e. The molecule has 0 aliphatic carbocycles. The van der Waals surface area contributed by atoms with Gasteiger partial charge < -0.3 is 10.6 Å². The highest BCUT2D eigenvalue weighted by molar-refractivity contribution is 5.79. The van der Waals surface area contributed by atoms with E-state index in [1.165, 1.54) is 40.8 Å². The molecule has 2 atom stereocenters. The fourth-order valence-electron chi connectivity index (χ4n) is 4.11. The van der Waals surface area contributed by atoms with Gasteiger partial charge >= 0.3 is 0 Å². The van der Waals surface area contributed by atoms with E-state index in [-0.39, 0.29) is 0 Å². The third-order valence-corrected chi connectivity index (χ3v) is 5.25. The fourth-order valence-corrected chi connectivity index (χ4v) is 4.11. The number of fused-ring (bicyclic) bond motifs is 3. The number of hydrogen-bond acceptors (Lipinski definition) is 2. The average molecular weight is 292 g/mol. The lowest BCUT2D eigenvalue weighted by Crippen LogP contribution is -2.21. The monoisotopic (exact) mass is 292 g/mol. The molecule has 1 fully saturated rings. The van der Waals surface area contributed by atoms with Crippen LogP contribution in [0.25, 0.3) is 11.1 Å². The van der Waals surface area contributed by atoms with Gasteiger partial charge in [0.1, 0.15) is 0 Å². The average Bonchev–Trinajstić information content (AvgIpc) is 2.72. The molecule has 2 heteroatoms. The van der Waals surface area contributed by atoms with Crippen molar-refractivity contribution in [3.05, 3.63) is 53.1 Å². The van der Waals surface area contributed by atoms with E-state index in [1.807, 2.05) is 0 Å². The molecule has 114 valence electrons. The van der Waals surface area contributed by atoms with Crippen molar-refractivity contribution in [3.63, 3.8) is 0 Å². The van der Waals surface area contributed by atoms with Gasteiger partial charge in [0.2, 0.25) is 0 Å². The Labute approximate surface area is 132 Å². The van der Waals surface area contributed by atoms with Crippen LogP contribution in [0.5, 0.6) is 0 Å². The predicted octanol–water partition coefficient (Wildman–Crippen LogP) is 4.23. The van der Waals surface area contributed by atoms with Gasteiger partial charge in [0.15, 0.2) is 0 Å². The molecule has 0 bridgehead atoms. The van der Waals surface area contributed by atoms with Crippen LogP contribution < -0.4 is 10.6 Å². The second-order valence-corrected chi connectivity index (χ2v) is 6.77. The summed E-state index contributed by atoms with van der Waals surface area (Å²) in [5.74, 6) is 0.640. The van der Waals surface area contributed by atoms with Gasteiger partial charge in [-0.25, -0.2) is 0 Å². The van der Waals surface area contributed by atoms with Crippen molar-refractivity contribution in [1.29, 1.82) is 0 Å². The number of nitrogens with one attached hydrogen (secondary N) is 2. The summed E-state index contributed by atoms with van der Waals surface area (Å²) >= 11 is 0. The van der Waals surface area contributed by atoms with Crippen LogP contribution in [-0.4, -0.2) is 19.1 Å². The number of hydrogen-bond donors (Lipinski definition) is 2. The summed E-state index contributed by atoms with van der Waals surface area (Å²) in [6.07, 6.45) is 2.44. The van der Waals surface area contributed by atoms with Gasteiger partial charge in [-0.15, -0.1) is 0 Å². The van der Waals surface area contributed by atoms with Crippen LogP contribution in [0.3, 0.4) is 0 Å². The van der Waals surface area contributed by atoms with Crippen LogP contribution in [-0.2, 0) is 0 Å². The highest BCUT2D eigenvalue weighted by atomic mass is 15.0. The molecule has 2 unspecified atom stereocenters. The van der Waals surface area contributed by atoms with E-state index < -0.39 is 0 Å². The molecule has 2 nitrogen and oxygen atoms in total. The first-order chi connectivity index (χ1) is 10.7. The van der Waals surface area contributed by atoms with Crippen LogP contribution in [0.4, 0.5) is 5.69 Å². The van der Waals surface area contributed by atoms with Crippen molar-refractivity contribution in [3.8, 4) is 11.1 Å². The third-order valence-electron chi connectivity index (χ3n) is 5.25. The molecule has 2 aromatic carbocycles. The lowest BCUT2D eigenvalue weighted by Gasteiger charge is -2.19. The third kappa shape index (κ3) is 2.22. The molecule has 2 N–H and O–H groups in total. The molecule has 0 saturated carbocycles. The van der Waals surface area contributed by atoms with Gasteiger partial charge in [-0.1, -0.05) is 35.9 Å². The normalized spacial score (nSPS) is 23.4. The standard InChI is InChI=1S/C20H24N2/c1-13-6-7-14(2)17(12-13)15-4-3-5-19-20(15)16-8-10-21-11-9-18(16)22-19/h3-7,12,16,18,21-22H,8-11H2,1-2H3. The predicted molar refractivity (Wildman–Crippen MR) is 93.6 cm³/mol. The largest absolute Gasteiger partial charge is 0.381 e. The molecule has 2 aromatic rings. The van der Waals surface area contributed by atoms with Gasteiger partial charge in [0.05, 0.1) is 0 Å². The highest BCUT2D eigenvalue weighted by Crippen LogP contribution is 2.45. The van der Waals surface area contributed by atoms with Gasteiger partial charge in [0, 0.05) is 17.6 Å². The lowest BCUT2D eigenvalue weighted by molar-refractivity contribution is 0.579. The second-order valence-electron chi connectivity index (χ2n) is 6.77. The summed E-state index contributed by atoms with van der Waals surface area (Å²) in [5, 5.41) is 7.33. The molecule has 4 rings (SSSR count). The molecule has 0 amide bonds. The van der Waals surface area contributed by atoms with Gasteiger partial charge in [0.25, 0.3) is 0 Å². The van der Waals surface area contributed by atoms with Crippen LogP contribution >= 0.6 is 0 Å². The molecule has 22 heavy (non-hydrogen) atoms. The zero-order chi connectivity index (χ0) is 15.1. The van der Waals surface area contributed by atoms with Crippen LogP contribution in [0.1, 0.15) is 35.4 Å². The Hall–Kier alpha value is -1.80. The SMILES string of the molecule is Cc1ccc(C)c(-c2cccc3c2C2CCNCCC2N3)c1. The van der Waals surface area contributed by atoms with Crippen LogP contribution in [0, 0.1) is 13.8 Å². The summed E-state index contributed by atoms with van der Waals surface area (Å²) in [6, 6.07) is 14.2. The smallest absolute Gasteiger partial charge is 0.0384 e. The summed E-state index contributed by atoms with van der Waals surface area (Å²) in [4.78, 5) is 0. The van der Waals surface area contributed by atoms with E-state index in [0.717, 1.165) is 13.1 Å². The maximum absolute atomic E-state index is 3.78.